The molecule has 0 aliphatic carbocycles. The lowest BCUT2D eigenvalue weighted by Crippen LogP contribution is -2.25. The number of nitrogens with zero attached hydrogens (tertiary/aromatic N) is 1. The molecule has 1 atom stereocenters. The molecule has 3 heterocycles. The molecule has 0 aliphatic heterocycles. The maximum atomic E-state index is 12.5. The van der Waals surface area contributed by atoms with Gasteiger partial charge in [0, 0.05) is 5.39 Å². The van der Waals surface area contributed by atoms with Gasteiger partial charge in [-0.05, 0) is 30.5 Å². The highest BCUT2D eigenvalue weighted by Crippen LogP contribution is 2.32. The summed E-state index contributed by atoms with van der Waals surface area (Å²) in [4.78, 5) is 18.5. The van der Waals surface area contributed by atoms with Crippen LogP contribution in [-0.2, 0) is 0 Å². The summed E-state index contributed by atoms with van der Waals surface area (Å²) in [5.74, 6) is 1.20. The number of hydrogen-bond donors (Lipinski definition) is 1. The Morgan fingerprint density at radius 1 is 1.31 bits per heavy atom. The van der Waals surface area contributed by atoms with Crippen molar-refractivity contribution in [1.82, 2.24) is 10.3 Å². The summed E-state index contributed by atoms with van der Waals surface area (Å²) in [5, 5.41) is 6.76. The molecule has 26 heavy (non-hydrogen) atoms. The molecule has 0 spiro atoms. The van der Waals surface area contributed by atoms with E-state index >= 15 is 0 Å². The molecular weight excluding hydrogens is 368 g/mol. The SMILES string of the molecule is COc1cccc2cc(C(C)NC(=O)c3cnc(-c4cccs4)s3)oc12. The van der Waals surface area contributed by atoms with Crippen molar-refractivity contribution in [3.05, 3.63) is 58.6 Å². The van der Waals surface area contributed by atoms with Gasteiger partial charge in [0.25, 0.3) is 5.91 Å². The number of amides is 1. The lowest BCUT2D eigenvalue weighted by molar-refractivity contribution is 0.0939. The number of para-hydroxylation sites is 1. The molecule has 4 aromatic rings. The first-order valence-electron chi connectivity index (χ1n) is 8.02. The molecule has 1 aromatic carbocycles. The Labute approximate surface area is 158 Å². The number of furan rings is 1. The second-order valence-corrected chi connectivity index (χ2v) is 7.71. The van der Waals surface area contributed by atoms with E-state index in [2.05, 4.69) is 10.3 Å². The molecule has 3 aromatic heterocycles. The number of benzene rings is 1. The molecule has 0 aliphatic rings. The maximum absolute atomic E-state index is 12.5. The van der Waals surface area contributed by atoms with Crippen LogP contribution < -0.4 is 10.1 Å². The topological polar surface area (TPSA) is 64.4 Å². The lowest BCUT2D eigenvalue weighted by atomic mass is 10.2. The van der Waals surface area contributed by atoms with E-state index < -0.39 is 0 Å². The predicted molar refractivity (Wildman–Crippen MR) is 104 cm³/mol. The molecule has 0 bridgehead atoms. The molecule has 0 radical (unpaired) electrons. The van der Waals surface area contributed by atoms with Crippen LogP contribution >= 0.6 is 22.7 Å². The van der Waals surface area contributed by atoms with Crippen molar-refractivity contribution in [2.24, 2.45) is 0 Å². The van der Waals surface area contributed by atoms with Crippen LogP contribution in [0.2, 0.25) is 0 Å². The zero-order valence-electron chi connectivity index (χ0n) is 14.2. The van der Waals surface area contributed by atoms with Crippen LogP contribution in [0.1, 0.15) is 28.4 Å². The first kappa shape index (κ1) is 16.8. The average molecular weight is 384 g/mol. The van der Waals surface area contributed by atoms with Crippen LogP contribution in [0.25, 0.3) is 20.9 Å². The van der Waals surface area contributed by atoms with Gasteiger partial charge in [0.2, 0.25) is 0 Å². The monoisotopic (exact) mass is 384 g/mol. The van der Waals surface area contributed by atoms with Crippen molar-refractivity contribution >= 4 is 39.5 Å². The number of methoxy groups -OCH3 is 1. The fourth-order valence-corrected chi connectivity index (χ4v) is 4.29. The summed E-state index contributed by atoms with van der Waals surface area (Å²) in [6, 6.07) is 11.3. The van der Waals surface area contributed by atoms with E-state index in [1.165, 1.54) is 11.3 Å². The average Bonchev–Trinajstić information content (AvgIpc) is 3.40. The minimum atomic E-state index is -0.271. The van der Waals surface area contributed by atoms with Crippen LogP contribution in [-0.4, -0.2) is 18.0 Å². The molecule has 1 amide bonds. The Hall–Kier alpha value is -2.64. The highest BCUT2D eigenvalue weighted by molar-refractivity contribution is 7.21. The number of rotatable bonds is 5. The summed E-state index contributed by atoms with van der Waals surface area (Å²) in [5.41, 5.74) is 0.684. The zero-order chi connectivity index (χ0) is 18.1. The predicted octanol–water partition coefficient (Wildman–Crippen LogP) is 5.12. The Balaban J connectivity index is 1.53. The first-order valence-corrected chi connectivity index (χ1v) is 9.72. The second kappa shape index (κ2) is 6.93. The number of fused-ring (bicyclic) bond motifs is 1. The number of ether oxygens (including phenoxy) is 1. The van der Waals surface area contributed by atoms with Gasteiger partial charge in [-0.2, -0.15) is 0 Å². The first-order chi connectivity index (χ1) is 12.7. The van der Waals surface area contributed by atoms with Gasteiger partial charge >= 0.3 is 0 Å². The van der Waals surface area contributed by atoms with Gasteiger partial charge in [0.05, 0.1) is 24.2 Å². The third kappa shape index (κ3) is 3.11. The van der Waals surface area contributed by atoms with Gasteiger partial charge in [-0.25, -0.2) is 4.98 Å². The van der Waals surface area contributed by atoms with E-state index in [0.29, 0.717) is 22.0 Å². The minimum absolute atomic E-state index is 0.162. The van der Waals surface area contributed by atoms with Gasteiger partial charge in [-0.3, -0.25) is 4.79 Å². The van der Waals surface area contributed by atoms with Crippen LogP contribution in [0.15, 0.2) is 52.4 Å². The van der Waals surface area contributed by atoms with Gasteiger partial charge in [-0.1, -0.05) is 18.2 Å². The molecule has 0 saturated heterocycles. The van der Waals surface area contributed by atoms with Crippen molar-refractivity contribution < 1.29 is 13.9 Å². The third-order valence-corrected chi connectivity index (χ3v) is 6.02. The molecule has 5 nitrogen and oxygen atoms in total. The van der Waals surface area contributed by atoms with Crippen molar-refractivity contribution in [3.63, 3.8) is 0 Å². The number of aromatic nitrogens is 1. The zero-order valence-corrected chi connectivity index (χ0v) is 15.8. The summed E-state index contributed by atoms with van der Waals surface area (Å²) in [7, 11) is 1.61. The number of thiophene rings is 1. The summed E-state index contributed by atoms with van der Waals surface area (Å²) in [6.07, 6.45) is 1.61. The van der Waals surface area contributed by atoms with Gasteiger partial charge in [0.1, 0.15) is 15.6 Å². The molecule has 1 unspecified atom stereocenters. The number of carbonyl (C=O) groups is 1. The number of carbonyl (C=O) groups excluding carboxylic acids is 1. The Morgan fingerprint density at radius 3 is 2.96 bits per heavy atom. The summed E-state index contributed by atoms with van der Waals surface area (Å²) in [6.45, 7) is 1.89. The highest BCUT2D eigenvalue weighted by atomic mass is 32.1. The van der Waals surface area contributed by atoms with Gasteiger partial charge in [-0.15, -0.1) is 22.7 Å². The van der Waals surface area contributed by atoms with Crippen LogP contribution in [0.3, 0.4) is 0 Å². The standard InChI is InChI=1S/C19H16N2O3S2/c1-11(14-9-12-5-3-6-13(23-2)17(12)24-14)21-18(22)16-10-20-19(26-16)15-7-4-8-25-15/h3-11H,1-2H3,(H,21,22). The minimum Gasteiger partial charge on any atom is -0.493 e. The van der Waals surface area contributed by atoms with E-state index in [1.54, 1.807) is 24.6 Å². The van der Waals surface area contributed by atoms with Crippen molar-refractivity contribution in [3.8, 4) is 15.6 Å². The van der Waals surface area contributed by atoms with E-state index in [1.807, 2.05) is 48.7 Å². The molecule has 4 rings (SSSR count). The van der Waals surface area contributed by atoms with Gasteiger partial charge < -0.3 is 14.5 Å². The van der Waals surface area contributed by atoms with E-state index in [4.69, 9.17) is 9.15 Å². The molecule has 132 valence electrons. The Morgan fingerprint density at radius 2 is 2.19 bits per heavy atom. The quantitative estimate of drug-likeness (QED) is 0.519. The van der Waals surface area contributed by atoms with Crippen LogP contribution in [0.4, 0.5) is 0 Å². The molecule has 0 fully saturated rings. The van der Waals surface area contributed by atoms with Crippen LogP contribution in [0.5, 0.6) is 5.75 Å². The van der Waals surface area contributed by atoms with Crippen molar-refractivity contribution in [2.45, 2.75) is 13.0 Å². The third-order valence-electron chi connectivity index (χ3n) is 3.98. The van der Waals surface area contributed by atoms with E-state index in [0.717, 1.165) is 15.3 Å². The number of hydrogen-bond acceptors (Lipinski definition) is 6. The van der Waals surface area contributed by atoms with Crippen molar-refractivity contribution in [1.29, 1.82) is 0 Å². The fraction of sp³-hybridized carbons (Fsp3) is 0.158. The number of thiazole rings is 1. The Kier molecular flexibility index (Phi) is 4.48. The molecular formula is C19H16N2O3S2. The second-order valence-electron chi connectivity index (χ2n) is 5.73. The van der Waals surface area contributed by atoms with Crippen LogP contribution in [0, 0.1) is 0 Å². The normalized spacial score (nSPS) is 12.2. The number of nitrogens with one attached hydrogen (secondary N) is 1. The molecule has 7 heteroatoms. The molecule has 0 saturated carbocycles. The lowest BCUT2D eigenvalue weighted by Gasteiger charge is -2.10. The summed E-state index contributed by atoms with van der Waals surface area (Å²) >= 11 is 2.99. The maximum Gasteiger partial charge on any atom is 0.263 e. The summed E-state index contributed by atoms with van der Waals surface area (Å²) < 4.78 is 11.2. The Bertz CT molecular complexity index is 1050. The van der Waals surface area contributed by atoms with E-state index in [9.17, 15) is 4.79 Å². The van der Waals surface area contributed by atoms with Gasteiger partial charge in [0.15, 0.2) is 11.3 Å². The fourth-order valence-electron chi connectivity index (χ4n) is 2.66. The highest BCUT2D eigenvalue weighted by Gasteiger charge is 2.19. The van der Waals surface area contributed by atoms with Crippen molar-refractivity contribution in [2.75, 3.05) is 7.11 Å². The largest absolute Gasteiger partial charge is 0.493 e. The molecule has 1 N–H and O–H groups in total. The smallest absolute Gasteiger partial charge is 0.263 e. The van der Waals surface area contributed by atoms with E-state index in [-0.39, 0.29) is 11.9 Å².